The monoisotopic (exact) mass is 489 g/mol. The van der Waals surface area contributed by atoms with Crippen LogP contribution in [0.4, 0.5) is 8.78 Å². The van der Waals surface area contributed by atoms with Gasteiger partial charge in [0.25, 0.3) is 5.91 Å². The molecule has 2 saturated heterocycles. The second-order valence-electron chi connectivity index (χ2n) is 9.45. The highest BCUT2D eigenvalue weighted by Gasteiger charge is 2.29. The lowest BCUT2D eigenvalue weighted by Gasteiger charge is -2.39. The minimum atomic E-state index is -0.301. The Morgan fingerprint density at radius 1 is 0.750 bits per heavy atom. The molecule has 5 rings (SSSR count). The molecule has 0 unspecified atom stereocenters. The molecule has 0 aliphatic carbocycles. The van der Waals surface area contributed by atoms with E-state index in [1.165, 1.54) is 24.3 Å². The Morgan fingerprint density at radius 2 is 1.31 bits per heavy atom. The van der Waals surface area contributed by atoms with Crippen LogP contribution in [0.2, 0.25) is 0 Å². The molecule has 2 amide bonds. The van der Waals surface area contributed by atoms with E-state index in [1.54, 1.807) is 24.3 Å². The maximum absolute atomic E-state index is 13.6. The zero-order valence-corrected chi connectivity index (χ0v) is 20.1. The van der Waals surface area contributed by atoms with E-state index in [2.05, 4.69) is 4.90 Å². The van der Waals surface area contributed by atoms with Gasteiger partial charge in [0.2, 0.25) is 5.91 Å². The van der Waals surface area contributed by atoms with Crippen LogP contribution in [0.1, 0.15) is 45.9 Å². The quantitative estimate of drug-likeness (QED) is 0.507. The lowest BCUT2D eigenvalue weighted by Crippen LogP contribution is -2.49. The normalized spacial score (nSPS) is 16.7. The van der Waals surface area contributed by atoms with Crippen LogP contribution in [0.15, 0.2) is 72.8 Å². The Labute approximate surface area is 209 Å². The minimum Gasteiger partial charge on any atom is -0.338 e. The summed E-state index contributed by atoms with van der Waals surface area (Å²) in [4.78, 5) is 31.0. The second-order valence-corrected chi connectivity index (χ2v) is 9.45. The van der Waals surface area contributed by atoms with Gasteiger partial charge in [-0.15, -0.1) is 0 Å². The summed E-state index contributed by atoms with van der Waals surface area (Å²) in [6.07, 6.45) is 1.52. The van der Waals surface area contributed by atoms with E-state index in [4.69, 9.17) is 0 Å². The molecule has 186 valence electrons. The highest BCUT2D eigenvalue weighted by molar-refractivity contribution is 5.94. The lowest BCUT2D eigenvalue weighted by molar-refractivity contribution is -0.128. The highest BCUT2D eigenvalue weighted by atomic mass is 19.1. The van der Waals surface area contributed by atoms with Gasteiger partial charge in [-0.25, -0.2) is 8.78 Å². The van der Waals surface area contributed by atoms with Crippen molar-refractivity contribution >= 4 is 11.8 Å². The van der Waals surface area contributed by atoms with E-state index in [-0.39, 0.29) is 29.5 Å². The fourth-order valence-corrected chi connectivity index (χ4v) is 5.11. The van der Waals surface area contributed by atoms with Gasteiger partial charge in [-0.3, -0.25) is 14.5 Å². The molecule has 2 fully saturated rings. The third kappa shape index (κ3) is 5.31. The van der Waals surface area contributed by atoms with Crippen molar-refractivity contribution in [2.24, 2.45) is 0 Å². The van der Waals surface area contributed by atoms with Crippen molar-refractivity contribution in [3.8, 4) is 0 Å². The van der Waals surface area contributed by atoms with Crippen LogP contribution in [0.5, 0.6) is 0 Å². The van der Waals surface area contributed by atoms with E-state index >= 15 is 0 Å². The maximum atomic E-state index is 13.6. The molecule has 7 heteroatoms. The minimum absolute atomic E-state index is 0.0152. The molecule has 0 N–H and O–H groups in total. The van der Waals surface area contributed by atoms with Crippen molar-refractivity contribution < 1.29 is 18.4 Å². The SMILES string of the molecule is O=C1CCCN1Cc1ccc(C(=O)N2CCN(C(c3ccc(F)cc3)c3ccc(F)cc3)CC2)cc1. The van der Waals surface area contributed by atoms with Crippen molar-refractivity contribution in [3.63, 3.8) is 0 Å². The molecule has 0 spiro atoms. The number of hydrogen-bond acceptors (Lipinski definition) is 3. The van der Waals surface area contributed by atoms with Gasteiger partial charge in [0.05, 0.1) is 6.04 Å². The summed E-state index contributed by atoms with van der Waals surface area (Å²) in [6, 6.07) is 20.2. The van der Waals surface area contributed by atoms with Crippen molar-refractivity contribution in [1.29, 1.82) is 0 Å². The number of carbonyl (C=O) groups is 2. The number of amides is 2. The van der Waals surface area contributed by atoms with Crippen LogP contribution >= 0.6 is 0 Å². The van der Waals surface area contributed by atoms with E-state index in [9.17, 15) is 18.4 Å². The molecule has 3 aromatic carbocycles. The van der Waals surface area contributed by atoms with Crippen molar-refractivity contribution in [2.45, 2.75) is 25.4 Å². The summed E-state index contributed by atoms with van der Waals surface area (Å²) >= 11 is 0. The van der Waals surface area contributed by atoms with Crippen LogP contribution in [-0.2, 0) is 11.3 Å². The van der Waals surface area contributed by atoms with Crippen LogP contribution in [0.3, 0.4) is 0 Å². The molecule has 2 heterocycles. The predicted octanol–water partition coefficient (Wildman–Crippen LogP) is 4.63. The average molecular weight is 490 g/mol. The number of rotatable bonds is 6. The highest BCUT2D eigenvalue weighted by Crippen LogP contribution is 2.30. The number of nitrogens with zero attached hydrogens (tertiary/aromatic N) is 3. The molecule has 2 aliphatic rings. The van der Waals surface area contributed by atoms with Crippen molar-refractivity contribution in [1.82, 2.24) is 14.7 Å². The molecule has 36 heavy (non-hydrogen) atoms. The van der Waals surface area contributed by atoms with E-state index in [0.717, 1.165) is 29.7 Å². The Morgan fingerprint density at radius 3 is 1.81 bits per heavy atom. The van der Waals surface area contributed by atoms with Gasteiger partial charge < -0.3 is 9.80 Å². The summed E-state index contributed by atoms with van der Waals surface area (Å²) in [6.45, 7) is 3.77. The zero-order chi connectivity index (χ0) is 25.1. The number of halogens is 2. The molecule has 0 bridgehead atoms. The van der Waals surface area contributed by atoms with Gasteiger partial charge in [-0.2, -0.15) is 0 Å². The summed E-state index contributed by atoms with van der Waals surface area (Å²) in [5.41, 5.74) is 3.51. The topological polar surface area (TPSA) is 43.9 Å². The van der Waals surface area contributed by atoms with Crippen LogP contribution in [0.25, 0.3) is 0 Å². The lowest BCUT2D eigenvalue weighted by atomic mass is 9.96. The number of benzene rings is 3. The molecule has 0 atom stereocenters. The standard InChI is InChI=1S/C29H29F2N3O2/c30-25-11-7-22(8-12-25)28(23-9-13-26(31)14-10-23)32-16-18-33(19-17-32)29(36)24-5-3-21(4-6-24)20-34-15-1-2-27(34)35/h3-14,28H,1-2,15-20H2. The van der Waals surface area contributed by atoms with E-state index < -0.39 is 0 Å². The molecular weight excluding hydrogens is 460 g/mol. The number of likely N-dealkylation sites (tertiary alicyclic amines) is 1. The number of hydrogen-bond donors (Lipinski definition) is 0. The predicted molar refractivity (Wildman–Crippen MR) is 133 cm³/mol. The van der Waals surface area contributed by atoms with Crippen molar-refractivity contribution in [2.75, 3.05) is 32.7 Å². The molecule has 0 aromatic heterocycles. The zero-order valence-electron chi connectivity index (χ0n) is 20.1. The third-order valence-electron chi connectivity index (χ3n) is 7.08. The first-order valence-corrected chi connectivity index (χ1v) is 12.4. The summed E-state index contributed by atoms with van der Waals surface area (Å²) in [5, 5.41) is 0. The van der Waals surface area contributed by atoms with Gasteiger partial charge in [0.15, 0.2) is 0 Å². The van der Waals surface area contributed by atoms with Crippen LogP contribution in [0, 0.1) is 11.6 Å². The maximum Gasteiger partial charge on any atom is 0.253 e. The van der Waals surface area contributed by atoms with Gasteiger partial charge in [0, 0.05) is 51.3 Å². The number of carbonyl (C=O) groups excluding carboxylic acids is 2. The molecule has 3 aromatic rings. The molecule has 5 nitrogen and oxygen atoms in total. The Kier molecular flexibility index (Phi) is 7.09. The Hall–Kier alpha value is -3.58. The first-order chi connectivity index (χ1) is 17.5. The van der Waals surface area contributed by atoms with Gasteiger partial charge in [-0.1, -0.05) is 36.4 Å². The Balaban J connectivity index is 1.25. The fraction of sp³-hybridized carbons (Fsp3) is 0.310. The first kappa shape index (κ1) is 24.1. The van der Waals surface area contributed by atoms with E-state index in [1.807, 2.05) is 34.1 Å². The van der Waals surface area contributed by atoms with Gasteiger partial charge in [0.1, 0.15) is 11.6 Å². The largest absolute Gasteiger partial charge is 0.338 e. The average Bonchev–Trinajstić information content (AvgIpc) is 3.31. The molecular formula is C29H29F2N3O2. The smallest absolute Gasteiger partial charge is 0.253 e. The third-order valence-corrected chi connectivity index (χ3v) is 7.08. The second kappa shape index (κ2) is 10.6. The van der Waals surface area contributed by atoms with Crippen molar-refractivity contribution in [3.05, 3.63) is 107 Å². The van der Waals surface area contributed by atoms with Crippen LogP contribution < -0.4 is 0 Å². The van der Waals surface area contributed by atoms with Gasteiger partial charge >= 0.3 is 0 Å². The van der Waals surface area contributed by atoms with E-state index in [0.29, 0.717) is 44.7 Å². The first-order valence-electron chi connectivity index (χ1n) is 12.4. The summed E-state index contributed by atoms with van der Waals surface area (Å²) in [7, 11) is 0. The summed E-state index contributed by atoms with van der Waals surface area (Å²) in [5.74, 6) is -0.429. The van der Waals surface area contributed by atoms with Gasteiger partial charge in [-0.05, 0) is 59.5 Å². The molecule has 2 aliphatic heterocycles. The van der Waals surface area contributed by atoms with Crippen LogP contribution in [-0.4, -0.2) is 59.2 Å². The summed E-state index contributed by atoms with van der Waals surface area (Å²) < 4.78 is 27.1. The number of piperazine rings is 1. The fourth-order valence-electron chi connectivity index (χ4n) is 5.11. The molecule has 0 radical (unpaired) electrons. The Bertz CT molecular complexity index is 1160. The molecule has 0 saturated carbocycles.